The first kappa shape index (κ1) is 16.6. The summed E-state index contributed by atoms with van der Waals surface area (Å²) in [5.41, 5.74) is 3.19. The van der Waals surface area contributed by atoms with Gasteiger partial charge in [0.2, 0.25) is 0 Å². The number of carbonyl (C=O) groups is 1. The molecule has 1 aromatic heterocycles. The molecule has 0 unspecified atom stereocenters. The van der Waals surface area contributed by atoms with Crippen molar-refractivity contribution in [1.29, 1.82) is 0 Å². The Labute approximate surface area is 143 Å². The molecule has 0 bridgehead atoms. The molecule has 1 amide bonds. The van der Waals surface area contributed by atoms with E-state index in [-0.39, 0.29) is 5.91 Å². The van der Waals surface area contributed by atoms with Crippen LogP contribution in [-0.2, 0) is 6.54 Å². The van der Waals surface area contributed by atoms with Crippen molar-refractivity contribution in [3.8, 4) is 0 Å². The molecule has 1 fully saturated rings. The molecule has 5 nitrogen and oxygen atoms in total. The highest BCUT2D eigenvalue weighted by atomic mass is 16.1. The van der Waals surface area contributed by atoms with E-state index in [1.54, 1.807) is 7.05 Å². The molecule has 1 saturated heterocycles. The number of benzene rings is 1. The average molecular weight is 324 g/mol. The van der Waals surface area contributed by atoms with E-state index in [0.717, 1.165) is 31.7 Å². The van der Waals surface area contributed by atoms with Crippen molar-refractivity contribution in [2.45, 2.75) is 12.6 Å². The summed E-state index contributed by atoms with van der Waals surface area (Å²) in [6.07, 6.45) is 3.69. The third-order valence-electron chi connectivity index (χ3n) is 4.65. The van der Waals surface area contributed by atoms with Gasteiger partial charge in [0.15, 0.2) is 0 Å². The van der Waals surface area contributed by atoms with E-state index in [9.17, 15) is 4.79 Å². The van der Waals surface area contributed by atoms with Gasteiger partial charge < -0.3 is 5.32 Å². The van der Waals surface area contributed by atoms with E-state index < -0.39 is 0 Å². The summed E-state index contributed by atoms with van der Waals surface area (Å²) in [5, 5.41) is 2.70. The summed E-state index contributed by atoms with van der Waals surface area (Å²) in [7, 11) is 3.82. The Bertz CT molecular complexity index is 689. The number of amides is 1. The third-order valence-corrected chi connectivity index (χ3v) is 4.65. The number of carbonyl (C=O) groups excluding carboxylic acids is 1. The van der Waals surface area contributed by atoms with Crippen molar-refractivity contribution >= 4 is 5.91 Å². The second-order valence-electron chi connectivity index (χ2n) is 6.29. The topological polar surface area (TPSA) is 48.5 Å². The number of aromatic nitrogens is 1. The van der Waals surface area contributed by atoms with Crippen LogP contribution in [-0.4, -0.2) is 54.4 Å². The normalized spacial score (nSPS) is 19.2. The molecule has 2 aromatic rings. The van der Waals surface area contributed by atoms with Crippen LogP contribution in [0.25, 0.3) is 0 Å². The predicted molar refractivity (Wildman–Crippen MR) is 94.7 cm³/mol. The summed E-state index contributed by atoms with van der Waals surface area (Å²) in [6, 6.07) is 12.4. The van der Waals surface area contributed by atoms with E-state index in [1.165, 1.54) is 11.1 Å². The lowest BCUT2D eigenvalue weighted by atomic mass is 10.00. The quantitative estimate of drug-likeness (QED) is 0.934. The molecule has 24 heavy (non-hydrogen) atoms. The Morgan fingerprint density at radius 1 is 1.25 bits per heavy atom. The fourth-order valence-electron chi connectivity index (χ4n) is 3.21. The Hall–Kier alpha value is -2.24. The van der Waals surface area contributed by atoms with Crippen LogP contribution < -0.4 is 5.32 Å². The van der Waals surface area contributed by atoms with Gasteiger partial charge in [-0.05, 0) is 42.4 Å². The summed E-state index contributed by atoms with van der Waals surface area (Å²) < 4.78 is 0. The van der Waals surface area contributed by atoms with E-state index in [1.807, 2.05) is 30.6 Å². The van der Waals surface area contributed by atoms with E-state index in [2.05, 4.69) is 45.3 Å². The molecule has 2 heterocycles. The van der Waals surface area contributed by atoms with Gasteiger partial charge in [-0.3, -0.25) is 19.6 Å². The average Bonchev–Trinajstić information content (AvgIpc) is 2.63. The first-order valence-electron chi connectivity index (χ1n) is 8.31. The smallest absolute Gasteiger partial charge is 0.251 e. The highest BCUT2D eigenvalue weighted by molar-refractivity contribution is 5.94. The third kappa shape index (κ3) is 3.80. The van der Waals surface area contributed by atoms with Gasteiger partial charge in [-0.2, -0.15) is 0 Å². The van der Waals surface area contributed by atoms with Crippen molar-refractivity contribution in [2.24, 2.45) is 0 Å². The van der Waals surface area contributed by atoms with Crippen LogP contribution in [0.1, 0.15) is 27.5 Å². The van der Waals surface area contributed by atoms with Crippen molar-refractivity contribution in [2.75, 3.05) is 33.7 Å². The van der Waals surface area contributed by atoms with Gasteiger partial charge in [0.1, 0.15) is 0 Å². The second kappa shape index (κ2) is 7.55. The largest absolute Gasteiger partial charge is 0.355 e. The number of nitrogens with one attached hydrogen (secondary N) is 1. The number of rotatable bonds is 4. The highest BCUT2D eigenvalue weighted by Crippen LogP contribution is 2.25. The zero-order chi connectivity index (χ0) is 16.9. The highest BCUT2D eigenvalue weighted by Gasteiger charge is 2.26. The van der Waals surface area contributed by atoms with Crippen LogP contribution >= 0.6 is 0 Å². The monoisotopic (exact) mass is 324 g/mol. The van der Waals surface area contributed by atoms with Crippen LogP contribution in [0.5, 0.6) is 0 Å². The fraction of sp³-hybridized carbons (Fsp3) is 0.368. The molecule has 1 N–H and O–H groups in total. The maximum Gasteiger partial charge on any atom is 0.251 e. The van der Waals surface area contributed by atoms with Gasteiger partial charge in [-0.25, -0.2) is 0 Å². The Morgan fingerprint density at radius 2 is 2.04 bits per heavy atom. The minimum absolute atomic E-state index is 0.0380. The minimum atomic E-state index is -0.0380. The molecule has 0 spiro atoms. The lowest BCUT2D eigenvalue weighted by Crippen LogP contribution is -2.46. The van der Waals surface area contributed by atoms with Crippen LogP contribution in [0, 0.1) is 0 Å². The van der Waals surface area contributed by atoms with Gasteiger partial charge in [0.05, 0.1) is 0 Å². The van der Waals surface area contributed by atoms with Crippen molar-refractivity contribution in [3.63, 3.8) is 0 Å². The SMILES string of the molecule is CNC(=O)c1cccc([C@H]2CN(Cc3ccncc3)CCN2C)c1. The Morgan fingerprint density at radius 3 is 2.79 bits per heavy atom. The van der Waals surface area contributed by atoms with Gasteiger partial charge in [0.25, 0.3) is 5.91 Å². The summed E-state index contributed by atoms with van der Waals surface area (Å²) in [4.78, 5) is 20.8. The molecule has 1 atom stereocenters. The molecule has 0 radical (unpaired) electrons. The van der Waals surface area contributed by atoms with Gasteiger partial charge >= 0.3 is 0 Å². The van der Waals surface area contributed by atoms with Crippen molar-refractivity contribution in [3.05, 3.63) is 65.5 Å². The van der Waals surface area contributed by atoms with E-state index >= 15 is 0 Å². The summed E-state index contributed by atoms with van der Waals surface area (Å²) in [6.45, 7) is 3.95. The molecule has 5 heteroatoms. The molecule has 1 aromatic carbocycles. The number of nitrogens with zero attached hydrogens (tertiary/aromatic N) is 3. The lowest BCUT2D eigenvalue weighted by Gasteiger charge is -2.40. The molecule has 0 saturated carbocycles. The zero-order valence-electron chi connectivity index (χ0n) is 14.3. The maximum absolute atomic E-state index is 11.9. The number of pyridine rings is 1. The Balaban J connectivity index is 1.75. The van der Waals surface area contributed by atoms with Gasteiger partial charge in [-0.1, -0.05) is 12.1 Å². The minimum Gasteiger partial charge on any atom is -0.355 e. The molecule has 1 aliphatic heterocycles. The molecule has 126 valence electrons. The van der Waals surface area contributed by atoms with Gasteiger partial charge in [0, 0.05) is 57.2 Å². The number of likely N-dealkylation sites (N-methyl/N-ethyl adjacent to an activating group) is 1. The standard InChI is InChI=1S/C19H24N4O/c1-20-19(24)17-5-3-4-16(12-17)18-14-23(11-10-22(18)2)13-15-6-8-21-9-7-15/h3-9,12,18H,10-11,13-14H2,1-2H3,(H,20,24)/t18-/m1/s1. The van der Waals surface area contributed by atoms with Crippen LogP contribution in [0.2, 0.25) is 0 Å². The molecule has 0 aliphatic carbocycles. The predicted octanol–water partition coefficient (Wildman–Crippen LogP) is 1.93. The molecular weight excluding hydrogens is 300 g/mol. The lowest BCUT2D eigenvalue weighted by molar-refractivity contribution is 0.0901. The van der Waals surface area contributed by atoms with Crippen molar-refractivity contribution < 1.29 is 4.79 Å². The zero-order valence-corrected chi connectivity index (χ0v) is 14.3. The summed E-state index contributed by atoms with van der Waals surface area (Å²) >= 11 is 0. The number of hydrogen-bond donors (Lipinski definition) is 1. The second-order valence-corrected chi connectivity index (χ2v) is 6.29. The fourth-order valence-corrected chi connectivity index (χ4v) is 3.21. The molecule has 3 rings (SSSR count). The van der Waals surface area contributed by atoms with E-state index in [4.69, 9.17) is 0 Å². The maximum atomic E-state index is 11.9. The van der Waals surface area contributed by atoms with Crippen LogP contribution in [0.4, 0.5) is 0 Å². The first-order valence-corrected chi connectivity index (χ1v) is 8.31. The van der Waals surface area contributed by atoms with Crippen LogP contribution in [0.3, 0.4) is 0 Å². The number of hydrogen-bond acceptors (Lipinski definition) is 4. The molecule has 1 aliphatic rings. The van der Waals surface area contributed by atoms with E-state index in [0.29, 0.717) is 6.04 Å². The van der Waals surface area contributed by atoms with Crippen LogP contribution in [0.15, 0.2) is 48.8 Å². The first-order chi connectivity index (χ1) is 11.7. The summed E-state index contributed by atoms with van der Waals surface area (Å²) in [5.74, 6) is -0.0380. The van der Waals surface area contributed by atoms with Gasteiger partial charge in [-0.15, -0.1) is 0 Å². The van der Waals surface area contributed by atoms with Crippen molar-refractivity contribution in [1.82, 2.24) is 20.1 Å². The number of piperazine rings is 1. The molecular formula is C19H24N4O. The Kier molecular flexibility index (Phi) is 5.23.